The SMILES string of the molecule is COCc1cccc(C(=O)N(C)Cc2ccc(Cl)s2)c1. The number of amides is 1. The second-order valence-corrected chi connectivity index (χ2v) is 6.30. The monoisotopic (exact) mass is 309 g/mol. The minimum Gasteiger partial charge on any atom is -0.380 e. The summed E-state index contributed by atoms with van der Waals surface area (Å²) in [5, 5.41) is 0. The number of carbonyl (C=O) groups is 1. The van der Waals surface area contributed by atoms with E-state index in [0.717, 1.165) is 14.8 Å². The maximum absolute atomic E-state index is 12.4. The second-order valence-electron chi connectivity index (χ2n) is 4.50. The van der Waals surface area contributed by atoms with Crippen molar-refractivity contribution >= 4 is 28.8 Å². The number of hydrogen-bond donors (Lipinski definition) is 0. The van der Waals surface area contributed by atoms with E-state index in [9.17, 15) is 4.79 Å². The lowest BCUT2D eigenvalue weighted by Crippen LogP contribution is -2.25. The van der Waals surface area contributed by atoms with Gasteiger partial charge in [0.05, 0.1) is 17.5 Å². The Morgan fingerprint density at radius 1 is 1.35 bits per heavy atom. The number of ether oxygens (including phenoxy) is 1. The van der Waals surface area contributed by atoms with Gasteiger partial charge in [-0.3, -0.25) is 4.79 Å². The van der Waals surface area contributed by atoms with Crippen molar-refractivity contribution in [3.05, 3.63) is 56.7 Å². The molecule has 0 saturated carbocycles. The van der Waals surface area contributed by atoms with E-state index in [1.54, 1.807) is 19.1 Å². The van der Waals surface area contributed by atoms with Crippen LogP contribution in [0.2, 0.25) is 4.34 Å². The van der Waals surface area contributed by atoms with Gasteiger partial charge >= 0.3 is 0 Å². The van der Waals surface area contributed by atoms with Crippen LogP contribution in [0.1, 0.15) is 20.8 Å². The molecule has 1 heterocycles. The van der Waals surface area contributed by atoms with Crippen LogP contribution in [0.5, 0.6) is 0 Å². The fourth-order valence-electron chi connectivity index (χ4n) is 1.92. The van der Waals surface area contributed by atoms with E-state index in [4.69, 9.17) is 16.3 Å². The first-order valence-electron chi connectivity index (χ1n) is 6.17. The Kier molecular flexibility index (Phi) is 5.17. The van der Waals surface area contributed by atoms with Gasteiger partial charge in [0.2, 0.25) is 0 Å². The number of hydrogen-bond acceptors (Lipinski definition) is 3. The van der Waals surface area contributed by atoms with Crippen LogP contribution in [0.15, 0.2) is 36.4 Å². The molecular formula is C15H16ClNO2S. The molecule has 1 amide bonds. The van der Waals surface area contributed by atoms with Crippen LogP contribution in [0, 0.1) is 0 Å². The zero-order valence-corrected chi connectivity index (χ0v) is 13.0. The van der Waals surface area contributed by atoms with E-state index in [1.165, 1.54) is 11.3 Å². The van der Waals surface area contributed by atoms with Crippen molar-refractivity contribution in [2.45, 2.75) is 13.2 Å². The number of methoxy groups -OCH3 is 1. The minimum atomic E-state index is -0.00697. The maximum atomic E-state index is 12.4. The summed E-state index contributed by atoms with van der Waals surface area (Å²) in [6, 6.07) is 11.3. The van der Waals surface area contributed by atoms with Crippen molar-refractivity contribution in [3.63, 3.8) is 0 Å². The zero-order valence-electron chi connectivity index (χ0n) is 11.4. The third-order valence-electron chi connectivity index (χ3n) is 2.85. The normalized spacial score (nSPS) is 10.6. The molecule has 0 radical (unpaired) electrons. The van der Waals surface area contributed by atoms with E-state index in [2.05, 4.69) is 0 Å². The molecule has 0 atom stereocenters. The number of carbonyl (C=O) groups excluding carboxylic acids is 1. The number of halogens is 1. The highest BCUT2D eigenvalue weighted by Gasteiger charge is 2.13. The molecule has 0 aliphatic heterocycles. The first kappa shape index (κ1) is 15.0. The minimum absolute atomic E-state index is 0.00697. The highest BCUT2D eigenvalue weighted by molar-refractivity contribution is 7.16. The molecule has 0 N–H and O–H groups in total. The van der Waals surface area contributed by atoms with Gasteiger partial charge in [0, 0.05) is 24.6 Å². The first-order valence-corrected chi connectivity index (χ1v) is 7.37. The zero-order chi connectivity index (χ0) is 14.5. The summed E-state index contributed by atoms with van der Waals surface area (Å²) in [6.07, 6.45) is 0. The molecule has 1 aromatic heterocycles. The van der Waals surface area contributed by atoms with E-state index in [0.29, 0.717) is 18.7 Å². The summed E-state index contributed by atoms with van der Waals surface area (Å²) in [5.41, 5.74) is 1.66. The number of benzene rings is 1. The van der Waals surface area contributed by atoms with Gasteiger partial charge < -0.3 is 9.64 Å². The Morgan fingerprint density at radius 3 is 2.80 bits per heavy atom. The molecule has 2 aromatic rings. The second kappa shape index (κ2) is 6.88. The number of nitrogens with zero attached hydrogens (tertiary/aromatic N) is 1. The van der Waals surface area contributed by atoms with Crippen LogP contribution in [-0.4, -0.2) is 25.0 Å². The maximum Gasteiger partial charge on any atom is 0.253 e. The molecule has 1 aromatic carbocycles. The predicted molar refractivity (Wildman–Crippen MR) is 82.3 cm³/mol. The third-order valence-corrected chi connectivity index (χ3v) is 4.07. The van der Waals surface area contributed by atoms with Gasteiger partial charge in [0.25, 0.3) is 5.91 Å². The van der Waals surface area contributed by atoms with Crippen molar-refractivity contribution in [2.75, 3.05) is 14.2 Å². The van der Waals surface area contributed by atoms with Crippen LogP contribution in [-0.2, 0) is 17.9 Å². The fraction of sp³-hybridized carbons (Fsp3) is 0.267. The van der Waals surface area contributed by atoms with Gasteiger partial charge in [0.1, 0.15) is 0 Å². The lowest BCUT2D eigenvalue weighted by molar-refractivity contribution is 0.0786. The van der Waals surface area contributed by atoms with Crippen molar-refractivity contribution in [3.8, 4) is 0 Å². The van der Waals surface area contributed by atoms with Crippen molar-refractivity contribution < 1.29 is 9.53 Å². The largest absolute Gasteiger partial charge is 0.380 e. The highest BCUT2D eigenvalue weighted by Crippen LogP contribution is 2.23. The van der Waals surface area contributed by atoms with Crippen molar-refractivity contribution in [1.82, 2.24) is 4.90 Å². The quantitative estimate of drug-likeness (QED) is 0.840. The average molecular weight is 310 g/mol. The smallest absolute Gasteiger partial charge is 0.253 e. The molecule has 5 heteroatoms. The van der Waals surface area contributed by atoms with Crippen LogP contribution in [0.3, 0.4) is 0 Å². The van der Waals surface area contributed by atoms with Gasteiger partial charge in [-0.2, -0.15) is 0 Å². The van der Waals surface area contributed by atoms with Crippen molar-refractivity contribution in [2.24, 2.45) is 0 Å². The van der Waals surface area contributed by atoms with Gasteiger partial charge in [0.15, 0.2) is 0 Å². The molecule has 0 saturated heterocycles. The summed E-state index contributed by atoms with van der Waals surface area (Å²) < 4.78 is 5.82. The Balaban J connectivity index is 2.07. The van der Waals surface area contributed by atoms with E-state index < -0.39 is 0 Å². The van der Waals surface area contributed by atoms with Crippen molar-refractivity contribution in [1.29, 1.82) is 0 Å². The Hall–Kier alpha value is -1.36. The number of rotatable bonds is 5. The van der Waals surface area contributed by atoms with Gasteiger partial charge in [-0.1, -0.05) is 23.7 Å². The summed E-state index contributed by atoms with van der Waals surface area (Å²) in [6.45, 7) is 1.07. The summed E-state index contributed by atoms with van der Waals surface area (Å²) in [7, 11) is 3.43. The molecule has 0 spiro atoms. The van der Waals surface area contributed by atoms with Crippen LogP contribution < -0.4 is 0 Å². The Labute approximate surface area is 127 Å². The van der Waals surface area contributed by atoms with Gasteiger partial charge in [-0.05, 0) is 29.8 Å². The van der Waals surface area contributed by atoms with Crippen LogP contribution in [0.25, 0.3) is 0 Å². The molecule has 0 unspecified atom stereocenters. The molecule has 0 aliphatic carbocycles. The predicted octanol–water partition coefficient (Wildman–Crippen LogP) is 3.82. The topological polar surface area (TPSA) is 29.5 Å². The highest BCUT2D eigenvalue weighted by atomic mass is 35.5. The summed E-state index contributed by atoms with van der Waals surface area (Å²) >= 11 is 7.39. The first-order chi connectivity index (χ1) is 9.60. The number of thiophene rings is 1. The summed E-state index contributed by atoms with van der Waals surface area (Å²) in [5.74, 6) is -0.00697. The third kappa shape index (κ3) is 3.82. The lowest BCUT2D eigenvalue weighted by Gasteiger charge is -2.16. The standard InChI is InChI=1S/C15H16ClNO2S/c1-17(9-13-6-7-14(16)20-13)15(18)12-5-3-4-11(8-12)10-19-2/h3-8H,9-10H2,1-2H3. The fourth-order valence-corrected chi connectivity index (χ4v) is 3.06. The molecular weight excluding hydrogens is 294 g/mol. The molecule has 106 valence electrons. The van der Waals surface area contributed by atoms with E-state index in [1.807, 2.05) is 36.4 Å². The molecule has 0 aliphatic rings. The molecule has 2 rings (SSSR count). The molecule has 0 bridgehead atoms. The average Bonchev–Trinajstić information content (AvgIpc) is 2.84. The summed E-state index contributed by atoms with van der Waals surface area (Å²) in [4.78, 5) is 15.1. The molecule has 0 fully saturated rings. The van der Waals surface area contributed by atoms with Gasteiger partial charge in [-0.15, -0.1) is 11.3 Å². The van der Waals surface area contributed by atoms with E-state index in [-0.39, 0.29) is 5.91 Å². The molecule has 20 heavy (non-hydrogen) atoms. The molecule has 3 nitrogen and oxygen atoms in total. The van der Waals surface area contributed by atoms with Crippen LogP contribution in [0.4, 0.5) is 0 Å². The Bertz CT molecular complexity index is 597. The van der Waals surface area contributed by atoms with E-state index >= 15 is 0 Å². The van der Waals surface area contributed by atoms with Crippen LogP contribution >= 0.6 is 22.9 Å². The lowest BCUT2D eigenvalue weighted by atomic mass is 10.1. The van der Waals surface area contributed by atoms with Gasteiger partial charge in [-0.25, -0.2) is 0 Å². The Morgan fingerprint density at radius 2 is 2.15 bits per heavy atom.